The van der Waals surface area contributed by atoms with Crippen molar-refractivity contribution in [1.82, 2.24) is 4.98 Å². The molecule has 0 bridgehead atoms. The summed E-state index contributed by atoms with van der Waals surface area (Å²) in [4.78, 5) is 3.27. The van der Waals surface area contributed by atoms with Crippen LogP contribution in [0.3, 0.4) is 0 Å². The molecule has 1 heterocycles. The normalized spacial score (nSPS) is 12.3. The Morgan fingerprint density at radius 1 is 1.33 bits per heavy atom. The fraction of sp³-hybridized carbons (Fsp3) is 0.385. The largest absolute Gasteiger partial charge is 0.390 e. The van der Waals surface area contributed by atoms with Crippen LogP contribution >= 0.6 is 0 Å². The van der Waals surface area contributed by atoms with Crippen LogP contribution in [0, 0.1) is 6.92 Å². The molecular weight excluding hydrogens is 186 g/mol. The molecule has 2 N–H and O–H groups in total. The van der Waals surface area contributed by atoms with Crippen molar-refractivity contribution >= 4 is 10.9 Å². The molecule has 0 aliphatic carbocycles. The maximum atomic E-state index is 9.80. The van der Waals surface area contributed by atoms with Gasteiger partial charge in [0.2, 0.25) is 0 Å². The molecule has 2 heteroatoms. The number of aryl methyl sites for hydroxylation is 1. The highest BCUT2D eigenvalue weighted by Crippen LogP contribution is 2.24. The molecule has 2 nitrogen and oxygen atoms in total. The standard InChI is InChI=1S/C13H17NO/c1-9-5-4-6-11-10(7-13(2,3)15)8-14-12(9)11/h4-6,8,14-15H,7H2,1-3H3. The molecule has 80 valence electrons. The number of hydrogen-bond donors (Lipinski definition) is 2. The number of para-hydroxylation sites is 1. The molecule has 2 aromatic rings. The van der Waals surface area contributed by atoms with Crippen LogP contribution in [0.15, 0.2) is 24.4 Å². The summed E-state index contributed by atoms with van der Waals surface area (Å²) < 4.78 is 0. The van der Waals surface area contributed by atoms with E-state index in [1.54, 1.807) is 0 Å². The van der Waals surface area contributed by atoms with Gasteiger partial charge in [0.15, 0.2) is 0 Å². The Morgan fingerprint density at radius 3 is 2.73 bits per heavy atom. The third kappa shape index (κ3) is 2.05. The van der Waals surface area contributed by atoms with E-state index in [0.29, 0.717) is 6.42 Å². The molecule has 0 radical (unpaired) electrons. The van der Waals surface area contributed by atoms with Gasteiger partial charge < -0.3 is 10.1 Å². The fourth-order valence-corrected chi connectivity index (χ4v) is 1.98. The second kappa shape index (κ2) is 3.38. The van der Waals surface area contributed by atoms with E-state index in [9.17, 15) is 5.11 Å². The number of aromatic nitrogens is 1. The first-order chi connectivity index (χ1) is 6.97. The first-order valence-corrected chi connectivity index (χ1v) is 5.25. The van der Waals surface area contributed by atoms with Crippen LogP contribution < -0.4 is 0 Å². The van der Waals surface area contributed by atoms with Crippen LogP contribution in [-0.2, 0) is 6.42 Å². The van der Waals surface area contributed by atoms with E-state index in [-0.39, 0.29) is 0 Å². The molecule has 0 aliphatic heterocycles. The minimum Gasteiger partial charge on any atom is -0.390 e. The lowest BCUT2D eigenvalue weighted by Gasteiger charge is -2.16. The molecule has 0 atom stereocenters. The minimum atomic E-state index is -0.654. The van der Waals surface area contributed by atoms with Crippen LogP contribution in [-0.4, -0.2) is 15.7 Å². The van der Waals surface area contributed by atoms with Crippen LogP contribution in [0.2, 0.25) is 0 Å². The molecule has 0 fully saturated rings. The van der Waals surface area contributed by atoms with Gasteiger partial charge in [-0.25, -0.2) is 0 Å². The predicted molar refractivity (Wildman–Crippen MR) is 63.0 cm³/mol. The Labute approximate surface area is 89.9 Å². The minimum absolute atomic E-state index is 0.654. The second-order valence-corrected chi connectivity index (χ2v) is 4.80. The monoisotopic (exact) mass is 203 g/mol. The van der Waals surface area contributed by atoms with E-state index in [2.05, 4.69) is 30.1 Å². The average molecular weight is 203 g/mol. The summed E-state index contributed by atoms with van der Waals surface area (Å²) in [6, 6.07) is 6.24. The van der Waals surface area contributed by atoms with Gasteiger partial charge in [-0.1, -0.05) is 18.2 Å². The zero-order valence-corrected chi connectivity index (χ0v) is 9.46. The number of benzene rings is 1. The van der Waals surface area contributed by atoms with Gasteiger partial charge in [0.05, 0.1) is 5.60 Å². The number of fused-ring (bicyclic) bond motifs is 1. The van der Waals surface area contributed by atoms with Gasteiger partial charge in [-0.3, -0.25) is 0 Å². The van der Waals surface area contributed by atoms with Gasteiger partial charge in [0.25, 0.3) is 0 Å². The smallest absolute Gasteiger partial charge is 0.0632 e. The van der Waals surface area contributed by atoms with E-state index in [1.165, 1.54) is 22.0 Å². The number of aromatic amines is 1. The van der Waals surface area contributed by atoms with E-state index in [4.69, 9.17) is 0 Å². The number of H-pyrrole nitrogens is 1. The van der Waals surface area contributed by atoms with Crippen molar-refractivity contribution in [2.24, 2.45) is 0 Å². The Balaban J connectivity index is 2.50. The first-order valence-electron chi connectivity index (χ1n) is 5.25. The van der Waals surface area contributed by atoms with Gasteiger partial charge in [-0.15, -0.1) is 0 Å². The number of rotatable bonds is 2. The van der Waals surface area contributed by atoms with Crippen LogP contribution in [0.25, 0.3) is 10.9 Å². The third-order valence-electron chi connectivity index (χ3n) is 2.63. The average Bonchev–Trinajstić information content (AvgIpc) is 2.48. The zero-order chi connectivity index (χ0) is 11.1. The molecular formula is C13H17NO. The highest BCUT2D eigenvalue weighted by Gasteiger charge is 2.16. The predicted octanol–water partition coefficient (Wildman–Crippen LogP) is 2.79. The topological polar surface area (TPSA) is 36.0 Å². The van der Waals surface area contributed by atoms with Crippen molar-refractivity contribution in [3.05, 3.63) is 35.5 Å². The molecule has 0 saturated heterocycles. The second-order valence-electron chi connectivity index (χ2n) is 4.80. The third-order valence-corrected chi connectivity index (χ3v) is 2.63. The summed E-state index contributed by atoms with van der Waals surface area (Å²) in [7, 11) is 0. The van der Waals surface area contributed by atoms with Crippen LogP contribution in [0.5, 0.6) is 0 Å². The molecule has 0 aliphatic rings. The fourth-order valence-electron chi connectivity index (χ4n) is 1.98. The molecule has 0 saturated carbocycles. The Bertz CT molecular complexity index is 477. The van der Waals surface area contributed by atoms with Gasteiger partial charge >= 0.3 is 0 Å². The summed E-state index contributed by atoms with van der Waals surface area (Å²) in [6.07, 6.45) is 2.67. The van der Waals surface area contributed by atoms with Gasteiger partial charge in [0.1, 0.15) is 0 Å². The van der Waals surface area contributed by atoms with Gasteiger partial charge in [0, 0.05) is 23.5 Å². The molecule has 1 aromatic carbocycles. The van der Waals surface area contributed by atoms with Gasteiger partial charge in [-0.05, 0) is 31.9 Å². The van der Waals surface area contributed by atoms with Crippen molar-refractivity contribution in [3.8, 4) is 0 Å². The first kappa shape index (κ1) is 10.2. The number of aliphatic hydroxyl groups is 1. The van der Waals surface area contributed by atoms with E-state index < -0.39 is 5.60 Å². The zero-order valence-electron chi connectivity index (χ0n) is 9.46. The maximum absolute atomic E-state index is 9.80. The summed E-state index contributed by atoms with van der Waals surface area (Å²) in [6.45, 7) is 5.76. The van der Waals surface area contributed by atoms with Crippen LogP contribution in [0.1, 0.15) is 25.0 Å². The molecule has 15 heavy (non-hydrogen) atoms. The number of nitrogens with one attached hydrogen (secondary N) is 1. The highest BCUT2D eigenvalue weighted by atomic mass is 16.3. The Kier molecular flexibility index (Phi) is 2.31. The summed E-state index contributed by atoms with van der Waals surface area (Å²) in [5, 5.41) is 11.0. The SMILES string of the molecule is Cc1cccc2c(CC(C)(C)O)c[nH]c12. The summed E-state index contributed by atoms with van der Waals surface area (Å²) in [5.41, 5.74) is 2.95. The quantitative estimate of drug-likeness (QED) is 0.773. The lowest BCUT2D eigenvalue weighted by Crippen LogP contribution is -2.21. The molecule has 0 unspecified atom stereocenters. The molecule has 0 amide bonds. The maximum Gasteiger partial charge on any atom is 0.0632 e. The van der Waals surface area contributed by atoms with Crippen molar-refractivity contribution in [2.45, 2.75) is 32.8 Å². The van der Waals surface area contributed by atoms with Crippen molar-refractivity contribution in [2.75, 3.05) is 0 Å². The molecule has 2 rings (SSSR count). The lowest BCUT2D eigenvalue weighted by molar-refractivity contribution is 0.0813. The molecule has 1 aromatic heterocycles. The lowest BCUT2D eigenvalue weighted by atomic mass is 9.98. The van der Waals surface area contributed by atoms with E-state index in [1.807, 2.05) is 20.0 Å². The highest BCUT2D eigenvalue weighted by molar-refractivity contribution is 5.85. The van der Waals surface area contributed by atoms with Gasteiger partial charge in [-0.2, -0.15) is 0 Å². The van der Waals surface area contributed by atoms with Crippen molar-refractivity contribution in [3.63, 3.8) is 0 Å². The Morgan fingerprint density at radius 2 is 2.07 bits per heavy atom. The van der Waals surface area contributed by atoms with E-state index in [0.717, 1.165) is 0 Å². The van der Waals surface area contributed by atoms with Crippen LogP contribution in [0.4, 0.5) is 0 Å². The van der Waals surface area contributed by atoms with Crippen molar-refractivity contribution < 1.29 is 5.11 Å². The summed E-state index contributed by atoms with van der Waals surface area (Å²) in [5.74, 6) is 0. The Hall–Kier alpha value is -1.28. The summed E-state index contributed by atoms with van der Waals surface area (Å²) >= 11 is 0. The number of hydrogen-bond acceptors (Lipinski definition) is 1. The molecule has 0 spiro atoms. The van der Waals surface area contributed by atoms with Crippen molar-refractivity contribution in [1.29, 1.82) is 0 Å². The van der Waals surface area contributed by atoms with E-state index >= 15 is 0 Å².